The summed E-state index contributed by atoms with van der Waals surface area (Å²) in [6.07, 6.45) is 3.15. The molecule has 38 heavy (non-hydrogen) atoms. The highest BCUT2D eigenvalue weighted by Crippen LogP contribution is 2.47. The van der Waals surface area contributed by atoms with Crippen molar-refractivity contribution in [3.05, 3.63) is 39.8 Å². The number of thiophene rings is 1. The van der Waals surface area contributed by atoms with Crippen LogP contribution < -0.4 is 10.6 Å². The number of hydrogen-bond donors (Lipinski definition) is 3. The molecule has 0 bridgehead atoms. The van der Waals surface area contributed by atoms with Crippen molar-refractivity contribution in [3.8, 4) is 0 Å². The minimum absolute atomic E-state index is 0.0320. The Balaban J connectivity index is 1.32. The van der Waals surface area contributed by atoms with Crippen molar-refractivity contribution in [3.63, 3.8) is 0 Å². The third-order valence-corrected chi connectivity index (χ3v) is 9.23. The van der Waals surface area contributed by atoms with Crippen LogP contribution in [-0.4, -0.2) is 56.3 Å². The number of carbonyl (C=O) groups excluding carboxylic acids is 2. The monoisotopic (exact) mass is 545 g/mol. The lowest BCUT2D eigenvalue weighted by Crippen LogP contribution is -2.59. The third kappa shape index (κ3) is 3.96. The van der Waals surface area contributed by atoms with Gasteiger partial charge in [-0.3, -0.25) is 9.59 Å². The maximum absolute atomic E-state index is 14.0. The maximum atomic E-state index is 14.0. The molecule has 2 aromatic heterocycles. The number of carbonyl (C=O) groups is 2. The number of allylic oxidation sites excluding steroid dienone is 2. The van der Waals surface area contributed by atoms with Crippen LogP contribution in [0.3, 0.4) is 0 Å². The van der Waals surface area contributed by atoms with E-state index in [0.717, 1.165) is 20.7 Å². The van der Waals surface area contributed by atoms with Crippen molar-refractivity contribution in [2.45, 2.75) is 76.6 Å². The molecular formula is C26H29F2N5O4S. The molecule has 2 aliphatic carbocycles. The number of aliphatic hydroxyl groups excluding tert-OH is 1. The van der Waals surface area contributed by atoms with Gasteiger partial charge in [-0.2, -0.15) is 0 Å². The van der Waals surface area contributed by atoms with Crippen LogP contribution in [0.4, 0.5) is 14.6 Å². The van der Waals surface area contributed by atoms with E-state index in [0.29, 0.717) is 48.7 Å². The molecule has 3 N–H and O–H groups in total. The first-order chi connectivity index (χ1) is 18.1. The molecule has 2 aliphatic heterocycles. The highest BCUT2D eigenvalue weighted by atomic mass is 32.1. The van der Waals surface area contributed by atoms with Crippen LogP contribution in [0, 0.1) is 5.92 Å². The van der Waals surface area contributed by atoms with Gasteiger partial charge in [0.1, 0.15) is 28.3 Å². The van der Waals surface area contributed by atoms with Crippen molar-refractivity contribution in [1.82, 2.24) is 20.2 Å². The van der Waals surface area contributed by atoms with Crippen molar-refractivity contribution in [2.75, 3.05) is 11.9 Å². The number of rotatable bonds is 4. The fourth-order valence-corrected chi connectivity index (χ4v) is 7.46. The van der Waals surface area contributed by atoms with Gasteiger partial charge in [-0.25, -0.2) is 18.7 Å². The predicted octanol–water partition coefficient (Wildman–Crippen LogP) is 3.60. The number of fused-ring (bicyclic) bond motifs is 5. The molecule has 4 heterocycles. The van der Waals surface area contributed by atoms with E-state index in [1.807, 2.05) is 0 Å². The molecule has 2 fully saturated rings. The van der Waals surface area contributed by atoms with Gasteiger partial charge in [0.15, 0.2) is 6.23 Å². The molecule has 0 radical (unpaired) electrons. The first kappa shape index (κ1) is 25.2. The van der Waals surface area contributed by atoms with E-state index in [1.54, 1.807) is 24.8 Å². The third-order valence-electron chi connectivity index (χ3n) is 8.07. The Bertz CT molecular complexity index is 1390. The van der Waals surface area contributed by atoms with Crippen molar-refractivity contribution < 1.29 is 28.2 Å². The molecule has 2 aromatic rings. The van der Waals surface area contributed by atoms with Crippen LogP contribution in [0.1, 0.15) is 56.4 Å². The van der Waals surface area contributed by atoms with Gasteiger partial charge in [-0.05, 0) is 63.2 Å². The van der Waals surface area contributed by atoms with Gasteiger partial charge in [-0.15, -0.1) is 11.3 Å². The van der Waals surface area contributed by atoms with Crippen molar-refractivity contribution >= 4 is 39.2 Å². The molecule has 202 valence electrons. The van der Waals surface area contributed by atoms with E-state index < -0.39 is 17.8 Å². The molecule has 6 rings (SSSR count). The number of nitrogens with zero attached hydrogens (tertiary/aromatic N) is 3. The van der Waals surface area contributed by atoms with E-state index in [4.69, 9.17) is 4.74 Å². The molecule has 9 nitrogen and oxygen atoms in total. The van der Waals surface area contributed by atoms with Crippen LogP contribution in [0.5, 0.6) is 0 Å². The fraction of sp³-hybridized carbons (Fsp3) is 0.538. The van der Waals surface area contributed by atoms with Crippen molar-refractivity contribution in [2.24, 2.45) is 5.92 Å². The summed E-state index contributed by atoms with van der Waals surface area (Å²) < 4.78 is 33.2. The van der Waals surface area contributed by atoms with Gasteiger partial charge in [-0.1, -0.05) is 0 Å². The Labute approximate surface area is 222 Å². The number of aryl methyl sites for hydroxylation is 1. The van der Waals surface area contributed by atoms with Crippen LogP contribution in [0.25, 0.3) is 10.2 Å². The van der Waals surface area contributed by atoms with Gasteiger partial charge in [0.05, 0.1) is 23.6 Å². The summed E-state index contributed by atoms with van der Waals surface area (Å²) >= 11 is 1.52. The second-order valence-electron chi connectivity index (χ2n) is 10.4. The smallest absolute Gasteiger partial charge is 0.309 e. The minimum atomic E-state index is -2.79. The predicted molar refractivity (Wildman–Crippen MR) is 136 cm³/mol. The largest absolute Gasteiger partial charge is 0.466 e. The Morgan fingerprint density at radius 1 is 1.32 bits per heavy atom. The average Bonchev–Trinajstić information content (AvgIpc) is 3.40. The highest BCUT2D eigenvalue weighted by molar-refractivity contribution is 7.19. The van der Waals surface area contributed by atoms with Crippen LogP contribution in [0.15, 0.2) is 29.4 Å². The zero-order chi connectivity index (χ0) is 26.8. The van der Waals surface area contributed by atoms with Gasteiger partial charge in [0.25, 0.3) is 5.91 Å². The molecule has 4 aliphatic rings. The van der Waals surface area contributed by atoms with Crippen LogP contribution >= 0.6 is 11.3 Å². The second-order valence-corrected chi connectivity index (χ2v) is 11.5. The number of halogens is 2. The summed E-state index contributed by atoms with van der Waals surface area (Å²) in [5.74, 6) is -3.00. The van der Waals surface area contributed by atoms with E-state index >= 15 is 0 Å². The number of ether oxygens (including phenoxy) is 1. The number of aliphatic hydroxyl groups is 1. The van der Waals surface area contributed by atoms with E-state index in [1.165, 1.54) is 17.7 Å². The molecule has 1 amide bonds. The standard InChI is InChI=1S/C26H29F2N5O4S/c1-3-37-24(36)14-4-5-15-17(11-14)38-22-18(15)20(29-12-30-22)31-16-10-13(2)19-21(34)32-26(33(19)23(16)35)8-6-25(27,28)7-9-26/h10,12,14,23,35H,3-9,11H2,1-2H3,(H,32,34)(H,29,30,31)/t14-,23?/m0/s1. The number of nitrogens with one attached hydrogen (secondary N) is 2. The molecule has 0 aromatic carbocycles. The average molecular weight is 546 g/mol. The van der Waals surface area contributed by atoms with E-state index in [9.17, 15) is 23.5 Å². The fourth-order valence-electron chi connectivity index (χ4n) is 6.19. The van der Waals surface area contributed by atoms with Gasteiger partial charge < -0.3 is 25.4 Å². The molecule has 1 unspecified atom stereocenters. The first-order valence-corrected chi connectivity index (χ1v) is 13.7. The molecule has 1 saturated carbocycles. The number of amides is 1. The van der Waals surface area contributed by atoms with Gasteiger partial charge in [0.2, 0.25) is 5.92 Å². The second kappa shape index (κ2) is 8.98. The molecule has 1 saturated heterocycles. The summed E-state index contributed by atoms with van der Waals surface area (Å²) in [5.41, 5.74) is 1.34. The summed E-state index contributed by atoms with van der Waals surface area (Å²) in [7, 11) is 0. The Morgan fingerprint density at radius 2 is 2.08 bits per heavy atom. The Morgan fingerprint density at radius 3 is 2.82 bits per heavy atom. The quantitative estimate of drug-likeness (QED) is 0.499. The molecule has 12 heteroatoms. The van der Waals surface area contributed by atoms with Crippen LogP contribution in [0.2, 0.25) is 0 Å². The lowest BCUT2D eigenvalue weighted by Gasteiger charge is -2.47. The summed E-state index contributed by atoms with van der Waals surface area (Å²) in [4.78, 5) is 37.5. The number of aromatic nitrogens is 2. The van der Waals surface area contributed by atoms with E-state index in [-0.39, 0.29) is 43.5 Å². The topological polar surface area (TPSA) is 117 Å². The van der Waals surface area contributed by atoms with Crippen LogP contribution in [-0.2, 0) is 27.2 Å². The lowest BCUT2D eigenvalue weighted by molar-refractivity contribution is -0.148. The zero-order valence-corrected chi connectivity index (χ0v) is 22.0. The Hall–Kier alpha value is -3.12. The van der Waals surface area contributed by atoms with Crippen molar-refractivity contribution in [1.29, 1.82) is 0 Å². The maximum Gasteiger partial charge on any atom is 0.309 e. The lowest BCUT2D eigenvalue weighted by atomic mass is 9.85. The van der Waals surface area contributed by atoms with E-state index in [2.05, 4.69) is 20.6 Å². The molecule has 2 atom stereocenters. The summed E-state index contributed by atoms with van der Waals surface area (Å²) in [5, 5.41) is 18.5. The summed E-state index contributed by atoms with van der Waals surface area (Å²) in [6.45, 7) is 3.92. The zero-order valence-electron chi connectivity index (χ0n) is 21.1. The Kier molecular flexibility index (Phi) is 5.95. The number of anilines is 1. The minimum Gasteiger partial charge on any atom is -0.466 e. The number of esters is 1. The first-order valence-electron chi connectivity index (χ1n) is 12.9. The SMILES string of the molecule is CCOC(=O)[C@H]1CCc2c(sc3ncnc(NC4=CC(C)=C5C(=O)NC6(CCC(F)(F)CC6)N5C4O)c23)C1. The molecule has 1 spiro atoms. The number of hydrogen-bond acceptors (Lipinski definition) is 9. The normalized spacial score (nSPS) is 25.7. The summed E-state index contributed by atoms with van der Waals surface area (Å²) in [6, 6.07) is 0. The molecular weight excluding hydrogens is 516 g/mol. The van der Waals surface area contributed by atoms with Gasteiger partial charge >= 0.3 is 5.97 Å². The van der Waals surface area contributed by atoms with Gasteiger partial charge in [0, 0.05) is 17.7 Å². The highest BCUT2D eigenvalue weighted by Gasteiger charge is 2.56. The number of alkyl halides is 2.